The maximum absolute atomic E-state index is 12.2. The number of nitrogens with one attached hydrogen (secondary N) is 2. The summed E-state index contributed by atoms with van der Waals surface area (Å²) in [6, 6.07) is 0. The average molecular weight is 527 g/mol. The number of aromatic nitrogens is 4. The molecule has 2 amide bonds. The van der Waals surface area contributed by atoms with Gasteiger partial charge in [0.1, 0.15) is 5.82 Å². The summed E-state index contributed by atoms with van der Waals surface area (Å²) in [5.41, 5.74) is 7.86. The van der Waals surface area contributed by atoms with Crippen LogP contribution in [-0.2, 0) is 16.0 Å². The number of aryl methyl sites for hydroxylation is 1. The normalized spacial score (nSPS) is 13.3. The van der Waals surface area contributed by atoms with Crippen molar-refractivity contribution in [3.63, 3.8) is 0 Å². The summed E-state index contributed by atoms with van der Waals surface area (Å²) < 4.78 is 0. The molecule has 0 spiro atoms. The summed E-state index contributed by atoms with van der Waals surface area (Å²) >= 11 is 1.90. The number of aromatic amines is 1. The molecule has 0 fully saturated rings. The summed E-state index contributed by atoms with van der Waals surface area (Å²) in [6.07, 6.45) is 9.67. The van der Waals surface area contributed by atoms with Gasteiger partial charge in [0.05, 0.1) is 39.7 Å². The van der Waals surface area contributed by atoms with Crippen LogP contribution < -0.4 is 11.1 Å². The lowest BCUT2D eigenvalue weighted by Gasteiger charge is -2.22. The van der Waals surface area contributed by atoms with Crippen molar-refractivity contribution in [1.29, 1.82) is 0 Å². The largest absolute Gasteiger partial charge is 0.383 e. The number of fused-ring (bicyclic) bond motifs is 2. The zero-order valence-electron chi connectivity index (χ0n) is 22.5. The van der Waals surface area contributed by atoms with E-state index in [-0.39, 0.29) is 5.92 Å². The van der Waals surface area contributed by atoms with Gasteiger partial charge in [-0.1, -0.05) is 26.8 Å². The van der Waals surface area contributed by atoms with Gasteiger partial charge in [0.15, 0.2) is 0 Å². The van der Waals surface area contributed by atoms with Gasteiger partial charge in [0.25, 0.3) is 0 Å². The number of amides is 2. The first-order chi connectivity index (χ1) is 17.6. The third-order valence-electron chi connectivity index (χ3n) is 5.83. The molecule has 0 bridgehead atoms. The highest BCUT2D eigenvalue weighted by atomic mass is 32.1. The SMILES string of the molecule is CC(CN(C)C)c1nc2c(s1)CCC=C2.CCN(CC(C)C)C(=O)C(=O)Nc1cnc(N)c2cn[nH]c12. The molecule has 200 valence electrons. The molecule has 0 aromatic carbocycles. The molecule has 3 heterocycles. The highest BCUT2D eigenvalue weighted by molar-refractivity contribution is 7.11. The Morgan fingerprint density at radius 3 is 2.62 bits per heavy atom. The fraction of sp³-hybridized carbons (Fsp3) is 0.500. The summed E-state index contributed by atoms with van der Waals surface area (Å²) in [7, 11) is 4.23. The molecule has 0 saturated heterocycles. The van der Waals surface area contributed by atoms with Gasteiger partial charge in [-0.3, -0.25) is 14.7 Å². The number of nitrogens with two attached hydrogens (primary N) is 1. The molecule has 1 atom stereocenters. The molecule has 10 nitrogen and oxygen atoms in total. The number of pyridine rings is 1. The van der Waals surface area contributed by atoms with Crippen molar-refractivity contribution < 1.29 is 9.59 Å². The van der Waals surface area contributed by atoms with Crippen molar-refractivity contribution in [2.24, 2.45) is 5.92 Å². The third-order valence-corrected chi connectivity index (χ3v) is 7.20. The first kappa shape index (κ1) is 28.3. The summed E-state index contributed by atoms with van der Waals surface area (Å²) in [5, 5.41) is 11.1. The Kier molecular flexibility index (Phi) is 9.76. The van der Waals surface area contributed by atoms with Crippen molar-refractivity contribution in [3.05, 3.63) is 34.0 Å². The summed E-state index contributed by atoms with van der Waals surface area (Å²) in [6.45, 7) is 10.2. The van der Waals surface area contributed by atoms with E-state index in [0.717, 1.165) is 6.54 Å². The van der Waals surface area contributed by atoms with Crippen LogP contribution in [0.1, 0.15) is 55.6 Å². The number of nitrogens with zero attached hydrogens (tertiary/aromatic N) is 5. The predicted octanol–water partition coefficient (Wildman–Crippen LogP) is 3.75. The number of anilines is 2. The van der Waals surface area contributed by atoms with E-state index in [1.54, 1.807) is 0 Å². The molecule has 3 aromatic heterocycles. The minimum atomic E-state index is -0.704. The van der Waals surface area contributed by atoms with Crippen molar-refractivity contribution in [1.82, 2.24) is 30.0 Å². The zero-order chi connectivity index (χ0) is 27.1. The van der Waals surface area contributed by atoms with Crippen LogP contribution in [0.5, 0.6) is 0 Å². The van der Waals surface area contributed by atoms with E-state index in [2.05, 4.69) is 58.6 Å². The molecule has 0 aliphatic heterocycles. The number of hydrogen-bond donors (Lipinski definition) is 3. The number of hydrogen-bond acceptors (Lipinski definition) is 8. The second-order valence-corrected chi connectivity index (χ2v) is 11.0. The van der Waals surface area contributed by atoms with E-state index in [1.807, 2.05) is 32.1 Å². The molecule has 37 heavy (non-hydrogen) atoms. The number of rotatable bonds is 7. The van der Waals surface area contributed by atoms with Gasteiger partial charge in [0, 0.05) is 30.4 Å². The van der Waals surface area contributed by atoms with Crippen LogP contribution in [0.4, 0.5) is 11.5 Å². The molecule has 4 rings (SSSR count). The third kappa shape index (κ3) is 7.36. The van der Waals surface area contributed by atoms with Crippen LogP contribution in [0, 0.1) is 5.92 Å². The molecule has 1 aliphatic carbocycles. The molecule has 11 heteroatoms. The molecular formula is C26H38N8O2S. The highest BCUT2D eigenvalue weighted by Gasteiger charge is 2.22. The zero-order valence-corrected chi connectivity index (χ0v) is 23.4. The topological polar surface area (TPSA) is 133 Å². The van der Waals surface area contributed by atoms with Gasteiger partial charge in [-0.15, -0.1) is 11.3 Å². The Labute approximate surface area is 222 Å². The standard InChI is InChI=1S/C14H20N6O2.C12H18N2S/c1-4-20(7-8(2)3)14(22)13(21)18-10-6-16-12(15)9-5-17-19-11(9)10;1-9(8-14(2)3)12-13-10-6-4-5-7-11(10)15-12/h5-6,8H,4,7H2,1-3H3,(H2,15,16)(H,17,19)(H,18,21);4,6,9H,5,7-8H2,1-3H3. The van der Waals surface area contributed by atoms with Crippen LogP contribution >= 0.6 is 11.3 Å². The quantitative estimate of drug-likeness (QED) is 0.399. The van der Waals surface area contributed by atoms with E-state index in [0.29, 0.717) is 41.4 Å². The number of allylic oxidation sites excluding steroid dienone is 1. The maximum atomic E-state index is 12.2. The first-order valence-corrected chi connectivity index (χ1v) is 13.4. The average Bonchev–Trinajstić information content (AvgIpc) is 3.52. The molecule has 4 N–H and O–H groups in total. The summed E-state index contributed by atoms with van der Waals surface area (Å²) in [4.78, 5) is 38.2. The van der Waals surface area contributed by atoms with Crippen molar-refractivity contribution in [3.8, 4) is 0 Å². The number of nitrogen functional groups attached to an aromatic ring is 1. The Balaban J connectivity index is 0.000000220. The van der Waals surface area contributed by atoms with Crippen LogP contribution in [0.25, 0.3) is 17.0 Å². The lowest BCUT2D eigenvalue weighted by Crippen LogP contribution is -2.41. The minimum absolute atomic E-state index is 0.286. The van der Waals surface area contributed by atoms with Gasteiger partial charge in [0.2, 0.25) is 0 Å². The first-order valence-electron chi connectivity index (χ1n) is 12.6. The number of likely N-dealkylation sites (N-methyl/N-ethyl adjacent to an activating group) is 2. The van der Waals surface area contributed by atoms with Crippen LogP contribution in [0.15, 0.2) is 18.5 Å². The molecular weight excluding hydrogens is 488 g/mol. The van der Waals surface area contributed by atoms with E-state index < -0.39 is 11.8 Å². The number of carbonyl (C=O) groups excluding carboxylic acids is 2. The van der Waals surface area contributed by atoms with Crippen LogP contribution in [-0.4, -0.2) is 75.5 Å². The Hall–Kier alpha value is -3.31. The molecule has 0 saturated carbocycles. The number of H-pyrrole nitrogens is 1. The predicted molar refractivity (Wildman–Crippen MR) is 150 cm³/mol. The number of thiazole rings is 1. The molecule has 1 aliphatic rings. The fourth-order valence-electron chi connectivity index (χ4n) is 4.10. The Bertz CT molecular complexity index is 1250. The Morgan fingerprint density at radius 1 is 1.22 bits per heavy atom. The minimum Gasteiger partial charge on any atom is -0.383 e. The van der Waals surface area contributed by atoms with Crippen molar-refractivity contribution in [2.75, 3.05) is 44.8 Å². The molecule has 1 unspecified atom stereocenters. The monoisotopic (exact) mass is 526 g/mol. The van der Waals surface area contributed by atoms with Gasteiger partial charge >= 0.3 is 11.8 Å². The second kappa shape index (κ2) is 12.8. The highest BCUT2D eigenvalue weighted by Crippen LogP contribution is 2.29. The van der Waals surface area contributed by atoms with Crippen LogP contribution in [0.3, 0.4) is 0 Å². The van der Waals surface area contributed by atoms with Gasteiger partial charge in [-0.05, 0) is 45.9 Å². The second-order valence-electron chi connectivity index (χ2n) is 9.87. The lowest BCUT2D eigenvalue weighted by atomic mass is 10.1. The van der Waals surface area contributed by atoms with Gasteiger partial charge in [-0.2, -0.15) is 5.10 Å². The van der Waals surface area contributed by atoms with Gasteiger partial charge in [-0.25, -0.2) is 9.97 Å². The Morgan fingerprint density at radius 2 is 1.97 bits per heavy atom. The van der Waals surface area contributed by atoms with E-state index in [1.165, 1.54) is 45.7 Å². The van der Waals surface area contributed by atoms with Crippen molar-refractivity contribution in [2.45, 2.75) is 46.5 Å². The molecule has 0 radical (unpaired) electrons. The lowest BCUT2D eigenvalue weighted by molar-refractivity contribution is -0.143. The van der Waals surface area contributed by atoms with E-state index >= 15 is 0 Å². The number of carbonyl (C=O) groups is 2. The smallest absolute Gasteiger partial charge is 0.314 e. The van der Waals surface area contributed by atoms with E-state index in [9.17, 15) is 9.59 Å². The summed E-state index contributed by atoms with van der Waals surface area (Å²) in [5.74, 6) is -0.132. The maximum Gasteiger partial charge on any atom is 0.314 e. The van der Waals surface area contributed by atoms with Gasteiger partial charge < -0.3 is 20.9 Å². The van der Waals surface area contributed by atoms with Crippen molar-refractivity contribution >= 4 is 51.6 Å². The fourth-order valence-corrected chi connectivity index (χ4v) is 5.21. The molecule has 3 aromatic rings. The van der Waals surface area contributed by atoms with E-state index in [4.69, 9.17) is 10.7 Å². The van der Waals surface area contributed by atoms with Crippen LogP contribution in [0.2, 0.25) is 0 Å².